The molecule has 2 aliphatic rings. The van der Waals surface area contributed by atoms with Gasteiger partial charge in [-0.15, -0.1) is 0 Å². The standard InChI is InChI=1S/C28H25N3O2/c1-3-28(4-2)17-26-30(20-7-8-24-18(14-20)9-12-32-24)22-6-5-11-29-27(22)31(26)23-15-19-10-13-33-25(19)16-21(23)28/h5-16,26H,3-4,17H2,1-2H3. The van der Waals surface area contributed by atoms with Gasteiger partial charge in [-0.05, 0) is 79.4 Å². The van der Waals surface area contributed by atoms with Crippen LogP contribution in [-0.4, -0.2) is 11.1 Å². The van der Waals surface area contributed by atoms with Crippen LogP contribution in [0.5, 0.6) is 0 Å². The van der Waals surface area contributed by atoms with Crippen LogP contribution in [0.1, 0.15) is 38.7 Å². The van der Waals surface area contributed by atoms with Crippen LogP contribution in [0.4, 0.5) is 22.9 Å². The fourth-order valence-corrected chi connectivity index (χ4v) is 6.05. The Kier molecular flexibility index (Phi) is 3.78. The molecule has 0 spiro atoms. The van der Waals surface area contributed by atoms with Crippen molar-refractivity contribution in [1.82, 2.24) is 4.98 Å². The normalized spacial score (nSPS) is 18.5. The predicted octanol–water partition coefficient (Wildman–Crippen LogP) is 7.65. The lowest BCUT2D eigenvalue weighted by Crippen LogP contribution is -2.48. The molecule has 164 valence electrons. The Labute approximate surface area is 192 Å². The number of furan rings is 2. The molecule has 5 nitrogen and oxygen atoms in total. The number of anilines is 4. The molecule has 5 aromatic rings. The van der Waals surface area contributed by atoms with E-state index in [1.54, 1.807) is 12.5 Å². The molecule has 2 aliphatic heterocycles. The lowest BCUT2D eigenvalue weighted by molar-refractivity contribution is 0.322. The lowest BCUT2D eigenvalue weighted by Gasteiger charge is -2.47. The van der Waals surface area contributed by atoms with Crippen LogP contribution in [0.15, 0.2) is 82.2 Å². The number of rotatable bonds is 3. The van der Waals surface area contributed by atoms with Crippen molar-refractivity contribution in [3.05, 3.63) is 78.9 Å². The molecule has 0 bridgehead atoms. The fourth-order valence-electron chi connectivity index (χ4n) is 6.05. The maximum Gasteiger partial charge on any atom is 0.158 e. The molecule has 33 heavy (non-hydrogen) atoms. The summed E-state index contributed by atoms with van der Waals surface area (Å²) >= 11 is 0. The van der Waals surface area contributed by atoms with Gasteiger partial charge in [0.1, 0.15) is 17.3 Å². The molecular formula is C28H25N3O2. The average Bonchev–Trinajstić information content (AvgIpc) is 3.58. The third-order valence-electron chi connectivity index (χ3n) is 7.89. The quantitative estimate of drug-likeness (QED) is 0.291. The minimum atomic E-state index is 0.0670. The second-order valence-corrected chi connectivity index (χ2v) is 9.23. The molecule has 5 heterocycles. The van der Waals surface area contributed by atoms with Crippen molar-refractivity contribution in [2.75, 3.05) is 9.80 Å². The van der Waals surface area contributed by atoms with E-state index in [1.165, 1.54) is 16.9 Å². The average molecular weight is 436 g/mol. The van der Waals surface area contributed by atoms with Crippen molar-refractivity contribution in [2.24, 2.45) is 0 Å². The Morgan fingerprint density at radius 2 is 1.67 bits per heavy atom. The van der Waals surface area contributed by atoms with Crippen LogP contribution in [0, 0.1) is 0 Å². The van der Waals surface area contributed by atoms with Crippen LogP contribution in [-0.2, 0) is 5.41 Å². The van der Waals surface area contributed by atoms with E-state index in [0.717, 1.165) is 52.7 Å². The van der Waals surface area contributed by atoms with Crippen LogP contribution in [0.25, 0.3) is 21.9 Å². The van der Waals surface area contributed by atoms with Gasteiger partial charge in [-0.3, -0.25) is 0 Å². The Bertz CT molecular complexity index is 1510. The van der Waals surface area contributed by atoms with E-state index in [4.69, 9.17) is 13.8 Å². The molecule has 0 aliphatic carbocycles. The van der Waals surface area contributed by atoms with Gasteiger partial charge in [-0.1, -0.05) is 13.8 Å². The summed E-state index contributed by atoms with van der Waals surface area (Å²) in [5, 5.41) is 2.25. The number of pyridine rings is 1. The van der Waals surface area contributed by atoms with Gasteiger partial charge in [0.25, 0.3) is 0 Å². The van der Waals surface area contributed by atoms with Crippen LogP contribution in [0.3, 0.4) is 0 Å². The molecule has 2 aromatic carbocycles. The molecule has 0 radical (unpaired) electrons. The summed E-state index contributed by atoms with van der Waals surface area (Å²) in [6, 6.07) is 19.3. The van der Waals surface area contributed by atoms with Gasteiger partial charge in [-0.2, -0.15) is 0 Å². The van der Waals surface area contributed by atoms with Gasteiger partial charge in [-0.25, -0.2) is 4.98 Å². The van der Waals surface area contributed by atoms with E-state index in [1.807, 2.05) is 18.3 Å². The van der Waals surface area contributed by atoms with Gasteiger partial charge >= 0.3 is 0 Å². The van der Waals surface area contributed by atoms with Crippen molar-refractivity contribution < 1.29 is 8.83 Å². The third kappa shape index (κ3) is 2.45. The Morgan fingerprint density at radius 1 is 0.879 bits per heavy atom. The summed E-state index contributed by atoms with van der Waals surface area (Å²) in [6.45, 7) is 4.63. The summed E-state index contributed by atoms with van der Waals surface area (Å²) in [6.07, 6.45) is 8.75. The highest BCUT2D eigenvalue weighted by atomic mass is 16.3. The molecule has 1 unspecified atom stereocenters. The summed E-state index contributed by atoms with van der Waals surface area (Å²) < 4.78 is 11.4. The monoisotopic (exact) mass is 435 g/mol. The molecule has 0 saturated carbocycles. The molecule has 5 heteroatoms. The van der Waals surface area contributed by atoms with E-state index in [-0.39, 0.29) is 11.6 Å². The van der Waals surface area contributed by atoms with Gasteiger partial charge in [0.05, 0.1) is 18.2 Å². The minimum absolute atomic E-state index is 0.0670. The zero-order valence-corrected chi connectivity index (χ0v) is 18.8. The Balaban J connectivity index is 1.50. The smallest absolute Gasteiger partial charge is 0.158 e. The minimum Gasteiger partial charge on any atom is -0.464 e. The maximum atomic E-state index is 5.82. The highest BCUT2D eigenvalue weighted by Crippen LogP contribution is 2.57. The van der Waals surface area contributed by atoms with Gasteiger partial charge in [0, 0.05) is 33.8 Å². The van der Waals surface area contributed by atoms with Crippen molar-refractivity contribution in [3.8, 4) is 0 Å². The van der Waals surface area contributed by atoms with Crippen molar-refractivity contribution in [1.29, 1.82) is 0 Å². The van der Waals surface area contributed by atoms with E-state index in [0.29, 0.717) is 0 Å². The molecule has 0 N–H and O–H groups in total. The SMILES string of the molecule is CCC1(CC)CC2N(c3ccc4occc4c3)c3cccnc3N2c2cc3ccoc3cc21. The van der Waals surface area contributed by atoms with Crippen LogP contribution < -0.4 is 9.80 Å². The third-order valence-corrected chi connectivity index (χ3v) is 7.89. The predicted molar refractivity (Wildman–Crippen MR) is 132 cm³/mol. The molecule has 3 aromatic heterocycles. The van der Waals surface area contributed by atoms with Gasteiger partial charge < -0.3 is 18.6 Å². The van der Waals surface area contributed by atoms with E-state index in [2.05, 4.69) is 66.1 Å². The number of nitrogens with zero attached hydrogens (tertiary/aromatic N) is 3. The molecule has 7 rings (SSSR count). The second kappa shape index (κ2) is 6.64. The van der Waals surface area contributed by atoms with Gasteiger partial charge in [0.15, 0.2) is 5.82 Å². The summed E-state index contributed by atoms with van der Waals surface area (Å²) in [5.41, 5.74) is 6.87. The van der Waals surface area contributed by atoms with E-state index < -0.39 is 0 Å². The summed E-state index contributed by atoms with van der Waals surface area (Å²) in [4.78, 5) is 9.79. The Morgan fingerprint density at radius 3 is 2.48 bits per heavy atom. The largest absolute Gasteiger partial charge is 0.464 e. The maximum absolute atomic E-state index is 5.82. The van der Waals surface area contributed by atoms with Crippen molar-refractivity contribution in [2.45, 2.75) is 44.7 Å². The summed E-state index contributed by atoms with van der Waals surface area (Å²) in [5.74, 6) is 1.01. The number of hydrogen-bond acceptors (Lipinski definition) is 5. The fraction of sp³-hybridized carbons (Fsp3) is 0.250. The molecule has 1 atom stereocenters. The first kappa shape index (κ1) is 18.8. The first-order chi connectivity index (χ1) is 16.2. The van der Waals surface area contributed by atoms with E-state index >= 15 is 0 Å². The number of benzene rings is 2. The van der Waals surface area contributed by atoms with Crippen molar-refractivity contribution in [3.63, 3.8) is 0 Å². The van der Waals surface area contributed by atoms with Crippen LogP contribution in [0.2, 0.25) is 0 Å². The first-order valence-corrected chi connectivity index (χ1v) is 11.7. The first-order valence-electron chi connectivity index (χ1n) is 11.7. The summed E-state index contributed by atoms with van der Waals surface area (Å²) in [7, 11) is 0. The lowest BCUT2D eigenvalue weighted by atomic mass is 9.69. The van der Waals surface area contributed by atoms with Crippen LogP contribution >= 0.6 is 0 Å². The van der Waals surface area contributed by atoms with E-state index in [9.17, 15) is 0 Å². The number of aromatic nitrogens is 1. The number of hydrogen-bond donors (Lipinski definition) is 0. The van der Waals surface area contributed by atoms with Gasteiger partial charge in [0.2, 0.25) is 0 Å². The second-order valence-electron chi connectivity index (χ2n) is 9.23. The highest BCUT2D eigenvalue weighted by molar-refractivity contribution is 5.94. The highest BCUT2D eigenvalue weighted by Gasteiger charge is 2.49. The zero-order valence-electron chi connectivity index (χ0n) is 18.8. The molecule has 0 saturated heterocycles. The molecule has 0 fully saturated rings. The topological polar surface area (TPSA) is 45.7 Å². The number of fused-ring (bicyclic) bond motifs is 7. The van der Waals surface area contributed by atoms with Crippen molar-refractivity contribution >= 4 is 44.8 Å². The Hall–Kier alpha value is -3.73. The zero-order chi connectivity index (χ0) is 22.2. The molecular weight excluding hydrogens is 410 g/mol. The molecule has 0 amide bonds.